The van der Waals surface area contributed by atoms with Crippen molar-refractivity contribution in [1.29, 1.82) is 0 Å². The summed E-state index contributed by atoms with van der Waals surface area (Å²) in [6.45, 7) is 3.36. The summed E-state index contributed by atoms with van der Waals surface area (Å²) in [5, 5.41) is 5.71. The molecule has 2 heteroatoms. The highest BCUT2D eigenvalue weighted by atomic mass is 32.1. The van der Waals surface area contributed by atoms with E-state index in [1.54, 1.807) is 4.88 Å². The van der Waals surface area contributed by atoms with Crippen molar-refractivity contribution < 1.29 is 0 Å². The first-order valence-corrected chi connectivity index (χ1v) is 5.50. The van der Waals surface area contributed by atoms with E-state index < -0.39 is 0 Å². The van der Waals surface area contributed by atoms with Crippen LogP contribution >= 0.6 is 11.3 Å². The molecule has 0 atom stereocenters. The van der Waals surface area contributed by atoms with Crippen molar-refractivity contribution in [2.45, 2.75) is 32.2 Å². The maximum Gasteiger partial charge on any atom is 0.00870 e. The predicted octanol–water partition coefficient (Wildman–Crippen LogP) is 2.35. The molecular weight excluding hydrogens is 166 g/mol. The van der Waals surface area contributed by atoms with Crippen LogP contribution in [0, 0.1) is 6.92 Å². The number of rotatable bonds is 4. The molecule has 1 nitrogen and oxygen atoms in total. The lowest BCUT2D eigenvalue weighted by Crippen LogP contribution is -2.19. The van der Waals surface area contributed by atoms with Gasteiger partial charge in [0.2, 0.25) is 0 Å². The zero-order chi connectivity index (χ0) is 8.39. The van der Waals surface area contributed by atoms with Gasteiger partial charge in [0, 0.05) is 17.5 Å². The van der Waals surface area contributed by atoms with Gasteiger partial charge in [-0.05, 0) is 43.2 Å². The third kappa shape index (κ3) is 2.08. The molecule has 0 saturated heterocycles. The molecule has 2 rings (SSSR count). The van der Waals surface area contributed by atoms with Gasteiger partial charge < -0.3 is 5.32 Å². The first-order valence-electron chi connectivity index (χ1n) is 4.62. The molecule has 1 aliphatic carbocycles. The zero-order valence-electron chi connectivity index (χ0n) is 7.47. The number of nitrogens with one attached hydrogen (secondary N) is 1. The van der Waals surface area contributed by atoms with E-state index in [4.69, 9.17) is 0 Å². The molecule has 0 radical (unpaired) electrons. The van der Waals surface area contributed by atoms with Crippen LogP contribution in [0.5, 0.6) is 0 Å². The Morgan fingerprint density at radius 3 is 3.00 bits per heavy atom. The van der Waals surface area contributed by atoms with Crippen molar-refractivity contribution in [2.75, 3.05) is 6.54 Å². The first-order chi connectivity index (χ1) is 5.86. The van der Waals surface area contributed by atoms with Gasteiger partial charge in [-0.3, -0.25) is 0 Å². The van der Waals surface area contributed by atoms with Gasteiger partial charge in [-0.1, -0.05) is 0 Å². The summed E-state index contributed by atoms with van der Waals surface area (Å²) in [6, 6.07) is 3.06. The highest BCUT2D eigenvalue weighted by Crippen LogP contribution is 2.19. The average Bonchev–Trinajstić information content (AvgIpc) is 2.78. The van der Waals surface area contributed by atoms with E-state index >= 15 is 0 Å². The summed E-state index contributed by atoms with van der Waals surface area (Å²) in [7, 11) is 0. The second-order valence-corrected chi connectivity index (χ2v) is 4.51. The molecular formula is C10H15NS. The van der Waals surface area contributed by atoms with Crippen LogP contribution < -0.4 is 5.32 Å². The monoisotopic (exact) mass is 181 g/mol. The topological polar surface area (TPSA) is 12.0 Å². The van der Waals surface area contributed by atoms with Crippen molar-refractivity contribution >= 4 is 11.3 Å². The summed E-state index contributed by atoms with van der Waals surface area (Å²) >= 11 is 1.88. The van der Waals surface area contributed by atoms with E-state index in [1.807, 2.05) is 11.3 Å². The Balaban J connectivity index is 1.75. The molecule has 0 amide bonds. The molecule has 1 saturated carbocycles. The Morgan fingerprint density at radius 1 is 1.58 bits per heavy atom. The minimum absolute atomic E-state index is 0.852. The van der Waals surface area contributed by atoms with E-state index in [9.17, 15) is 0 Å². The zero-order valence-corrected chi connectivity index (χ0v) is 8.29. The number of thiophene rings is 1. The van der Waals surface area contributed by atoms with Crippen molar-refractivity contribution in [1.82, 2.24) is 5.32 Å². The quantitative estimate of drug-likeness (QED) is 0.752. The third-order valence-electron chi connectivity index (χ3n) is 2.33. The lowest BCUT2D eigenvalue weighted by atomic mass is 10.2. The Labute approximate surface area is 77.8 Å². The van der Waals surface area contributed by atoms with Crippen molar-refractivity contribution in [3.05, 3.63) is 21.9 Å². The molecule has 0 bridgehead atoms. The fourth-order valence-electron chi connectivity index (χ4n) is 1.34. The van der Waals surface area contributed by atoms with Crippen molar-refractivity contribution in [3.8, 4) is 0 Å². The lowest BCUT2D eigenvalue weighted by Gasteiger charge is -2.01. The fraction of sp³-hybridized carbons (Fsp3) is 0.600. The highest BCUT2D eigenvalue weighted by molar-refractivity contribution is 7.10. The SMILES string of the molecule is Cc1ccsc1CCNC1CC1. The number of aryl methyl sites for hydroxylation is 1. The Kier molecular flexibility index (Phi) is 2.47. The van der Waals surface area contributed by atoms with E-state index in [0.29, 0.717) is 0 Å². The molecule has 1 heterocycles. The summed E-state index contributed by atoms with van der Waals surface area (Å²) < 4.78 is 0. The van der Waals surface area contributed by atoms with Gasteiger partial charge in [-0.2, -0.15) is 0 Å². The molecule has 1 aromatic heterocycles. The second-order valence-electron chi connectivity index (χ2n) is 3.51. The van der Waals surface area contributed by atoms with Crippen molar-refractivity contribution in [2.24, 2.45) is 0 Å². The van der Waals surface area contributed by atoms with Crippen LogP contribution in [0.25, 0.3) is 0 Å². The van der Waals surface area contributed by atoms with Gasteiger partial charge in [-0.15, -0.1) is 11.3 Å². The minimum Gasteiger partial charge on any atom is -0.314 e. The summed E-state index contributed by atoms with van der Waals surface area (Å²) in [4.78, 5) is 1.54. The van der Waals surface area contributed by atoms with E-state index in [2.05, 4.69) is 23.7 Å². The molecule has 0 aliphatic heterocycles. The lowest BCUT2D eigenvalue weighted by molar-refractivity contribution is 0.684. The van der Waals surface area contributed by atoms with Gasteiger partial charge >= 0.3 is 0 Å². The van der Waals surface area contributed by atoms with Crippen LogP contribution in [0.4, 0.5) is 0 Å². The molecule has 1 N–H and O–H groups in total. The standard InChI is InChI=1S/C10H15NS/c1-8-5-7-12-10(8)4-6-11-9-2-3-9/h5,7,9,11H,2-4,6H2,1H3. The highest BCUT2D eigenvalue weighted by Gasteiger charge is 2.19. The fourth-order valence-corrected chi connectivity index (χ4v) is 2.25. The average molecular weight is 181 g/mol. The third-order valence-corrected chi connectivity index (χ3v) is 3.41. The Bertz CT molecular complexity index is 250. The number of hydrogen-bond donors (Lipinski definition) is 1. The largest absolute Gasteiger partial charge is 0.314 e. The Morgan fingerprint density at radius 2 is 2.42 bits per heavy atom. The Hall–Kier alpha value is -0.340. The van der Waals surface area contributed by atoms with Gasteiger partial charge in [-0.25, -0.2) is 0 Å². The summed E-state index contributed by atoms with van der Waals surface area (Å²) in [5.41, 5.74) is 1.46. The van der Waals surface area contributed by atoms with E-state index in [1.165, 1.54) is 24.8 Å². The molecule has 1 fully saturated rings. The van der Waals surface area contributed by atoms with Crippen LogP contribution in [0.3, 0.4) is 0 Å². The van der Waals surface area contributed by atoms with Crippen LogP contribution in [0.15, 0.2) is 11.4 Å². The maximum atomic E-state index is 3.53. The van der Waals surface area contributed by atoms with Gasteiger partial charge in [0.25, 0.3) is 0 Å². The first kappa shape index (κ1) is 8.27. The van der Waals surface area contributed by atoms with Crippen LogP contribution in [-0.4, -0.2) is 12.6 Å². The molecule has 1 aliphatic rings. The summed E-state index contributed by atoms with van der Waals surface area (Å²) in [6.07, 6.45) is 3.99. The normalized spacial score (nSPS) is 16.8. The molecule has 0 unspecified atom stereocenters. The van der Waals surface area contributed by atoms with Gasteiger partial charge in [0.05, 0.1) is 0 Å². The molecule has 0 aromatic carbocycles. The van der Waals surface area contributed by atoms with E-state index in [-0.39, 0.29) is 0 Å². The molecule has 0 spiro atoms. The molecule has 12 heavy (non-hydrogen) atoms. The van der Waals surface area contributed by atoms with Crippen LogP contribution in [-0.2, 0) is 6.42 Å². The van der Waals surface area contributed by atoms with E-state index in [0.717, 1.165) is 12.6 Å². The number of hydrogen-bond acceptors (Lipinski definition) is 2. The second kappa shape index (κ2) is 3.58. The van der Waals surface area contributed by atoms with Gasteiger partial charge in [0.1, 0.15) is 0 Å². The minimum atomic E-state index is 0.852. The summed E-state index contributed by atoms with van der Waals surface area (Å²) in [5.74, 6) is 0. The molecule has 1 aromatic rings. The van der Waals surface area contributed by atoms with Crippen LogP contribution in [0.1, 0.15) is 23.3 Å². The predicted molar refractivity (Wildman–Crippen MR) is 53.8 cm³/mol. The van der Waals surface area contributed by atoms with Gasteiger partial charge in [0.15, 0.2) is 0 Å². The smallest absolute Gasteiger partial charge is 0.00870 e. The molecule has 66 valence electrons. The maximum absolute atomic E-state index is 3.53. The van der Waals surface area contributed by atoms with Crippen LogP contribution in [0.2, 0.25) is 0 Å². The van der Waals surface area contributed by atoms with Crippen molar-refractivity contribution in [3.63, 3.8) is 0 Å².